The standard InChI is InChI=1S/C19H21N5O/c1-13-10-14(2)15-12-17(22-16(15)11-13)18(25)23-6-8-24(9-7-23)19-20-4-3-5-21-19/h3-5,10-12,22H,6-9H2,1-2H3. The van der Waals surface area contributed by atoms with Crippen LogP contribution in [0.3, 0.4) is 0 Å². The predicted octanol–water partition coefficient (Wildman–Crippen LogP) is 2.54. The van der Waals surface area contributed by atoms with Gasteiger partial charge in [-0.1, -0.05) is 6.07 Å². The van der Waals surface area contributed by atoms with Crippen molar-refractivity contribution in [2.24, 2.45) is 0 Å². The van der Waals surface area contributed by atoms with E-state index in [1.165, 1.54) is 11.1 Å². The number of anilines is 1. The monoisotopic (exact) mass is 335 g/mol. The molecule has 0 radical (unpaired) electrons. The summed E-state index contributed by atoms with van der Waals surface area (Å²) in [7, 11) is 0. The lowest BCUT2D eigenvalue weighted by Crippen LogP contribution is -2.49. The smallest absolute Gasteiger partial charge is 0.270 e. The van der Waals surface area contributed by atoms with Crippen LogP contribution in [0.2, 0.25) is 0 Å². The molecule has 1 saturated heterocycles. The van der Waals surface area contributed by atoms with Gasteiger partial charge in [-0.3, -0.25) is 4.79 Å². The molecule has 1 aromatic carbocycles. The van der Waals surface area contributed by atoms with Crippen molar-refractivity contribution in [3.63, 3.8) is 0 Å². The van der Waals surface area contributed by atoms with Crippen LogP contribution in [0.25, 0.3) is 10.9 Å². The van der Waals surface area contributed by atoms with Crippen LogP contribution in [-0.4, -0.2) is 51.9 Å². The first-order valence-electron chi connectivity index (χ1n) is 8.53. The number of amides is 1. The van der Waals surface area contributed by atoms with E-state index in [4.69, 9.17) is 0 Å². The Kier molecular flexibility index (Phi) is 3.87. The van der Waals surface area contributed by atoms with Crippen molar-refractivity contribution in [1.29, 1.82) is 0 Å². The normalized spacial score (nSPS) is 15.0. The zero-order valence-corrected chi connectivity index (χ0v) is 14.5. The topological polar surface area (TPSA) is 65.1 Å². The van der Waals surface area contributed by atoms with Gasteiger partial charge in [-0.25, -0.2) is 9.97 Å². The summed E-state index contributed by atoms with van der Waals surface area (Å²) < 4.78 is 0. The Balaban J connectivity index is 1.50. The van der Waals surface area contributed by atoms with Gasteiger partial charge in [0.1, 0.15) is 5.69 Å². The molecule has 0 aliphatic carbocycles. The molecule has 1 N–H and O–H groups in total. The number of aryl methyl sites for hydroxylation is 2. The van der Waals surface area contributed by atoms with Crippen LogP contribution < -0.4 is 4.90 Å². The second-order valence-corrected chi connectivity index (χ2v) is 6.55. The maximum atomic E-state index is 12.9. The average molecular weight is 335 g/mol. The van der Waals surface area contributed by atoms with E-state index in [9.17, 15) is 4.79 Å². The SMILES string of the molecule is Cc1cc(C)c2cc(C(=O)N3CCN(c4ncccn4)CC3)[nH]c2c1. The number of aromatic amines is 1. The summed E-state index contributed by atoms with van der Waals surface area (Å²) >= 11 is 0. The van der Waals surface area contributed by atoms with Crippen molar-refractivity contribution < 1.29 is 4.79 Å². The third-order valence-corrected chi connectivity index (χ3v) is 4.72. The quantitative estimate of drug-likeness (QED) is 0.782. The number of fused-ring (bicyclic) bond motifs is 1. The fourth-order valence-corrected chi connectivity index (χ4v) is 3.45. The molecule has 1 fully saturated rings. The first-order chi connectivity index (χ1) is 12.1. The second kappa shape index (κ2) is 6.20. The van der Waals surface area contributed by atoms with Crippen molar-refractivity contribution in [3.05, 3.63) is 53.5 Å². The second-order valence-electron chi connectivity index (χ2n) is 6.55. The molecule has 2 aromatic heterocycles. The highest BCUT2D eigenvalue weighted by Crippen LogP contribution is 2.22. The molecule has 1 aliphatic rings. The van der Waals surface area contributed by atoms with E-state index in [0.717, 1.165) is 29.9 Å². The third-order valence-electron chi connectivity index (χ3n) is 4.72. The van der Waals surface area contributed by atoms with E-state index in [-0.39, 0.29) is 5.91 Å². The number of nitrogens with zero attached hydrogens (tertiary/aromatic N) is 4. The number of aromatic nitrogens is 3. The number of nitrogens with one attached hydrogen (secondary N) is 1. The van der Waals surface area contributed by atoms with Crippen molar-refractivity contribution in [1.82, 2.24) is 19.9 Å². The van der Waals surface area contributed by atoms with Gasteiger partial charge in [0.15, 0.2) is 0 Å². The fraction of sp³-hybridized carbons (Fsp3) is 0.316. The van der Waals surface area contributed by atoms with E-state index in [2.05, 4.69) is 45.8 Å². The van der Waals surface area contributed by atoms with Crippen LogP contribution in [0.5, 0.6) is 0 Å². The largest absolute Gasteiger partial charge is 0.351 e. The van der Waals surface area contributed by atoms with Gasteiger partial charge in [0.2, 0.25) is 5.95 Å². The first kappa shape index (κ1) is 15.6. The van der Waals surface area contributed by atoms with Crippen molar-refractivity contribution in [3.8, 4) is 0 Å². The molecule has 3 heterocycles. The lowest BCUT2D eigenvalue weighted by atomic mass is 10.1. The number of piperazine rings is 1. The Bertz CT molecular complexity index is 910. The number of H-pyrrole nitrogens is 1. The molecule has 3 aromatic rings. The summed E-state index contributed by atoms with van der Waals surface area (Å²) in [6, 6.07) is 8.01. The predicted molar refractivity (Wildman–Crippen MR) is 97.9 cm³/mol. The minimum Gasteiger partial charge on any atom is -0.351 e. The van der Waals surface area contributed by atoms with Gasteiger partial charge in [0.25, 0.3) is 5.91 Å². The summed E-state index contributed by atoms with van der Waals surface area (Å²) in [6.45, 7) is 6.98. The zero-order chi connectivity index (χ0) is 17.4. The maximum absolute atomic E-state index is 12.9. The lowest BCUT2D eigenvalue weighted by Gasteiger charge is -2.34. The Morgan fingerprint density at radius 1 is 1.04 bits per heavy atom. The molecule has 0 atom stereocenters. The maximum Gasteiger partial charge on any atom is 0.270 e. The highest BCUT2D eigenvalue weighted by Gasteiger charge is 2.24. The zero-order valence-electron chi connectivity index (χ0n) is 14.5. The summed E-state index contributed by atoms with van der Waals surface area (Å²) in [6.07, 6.45) is 3.49. The van der Waals surface area contributed by atoms with Gasteiger partial charge >= 0.3 is 0 Å². The van der Waals surface area contributed by atoms with Crippen molar-refractivity contribution in [2.45, 2.75) is 13.8 Å². The molecule has 6 heteroatoms. The summed E-state index contributed by atoms with van der Waals surface area (Å²) in [5.41, 5.74) is 4.07. The van der Waals surface area contributed by atoms with E-state index >= 15 is 0 Å². The van der Waals surface area contributed by atoms with Crippen LogP contribution >= 0.6 is 0 Å². The molecule has 1 aliphatic heterocycles. The van der Waals surface area contributed by atoms with E-state index in [1.54, 1.807) is 12.4 Å². The molecule has 0 spiro atoms. The van der Waals surface area contributed by atoms with Gasteiger partial charge in [-0.15, -0.1) is 0 Å². The Morgan fingerprint density at radius 2 is 1.76 bits per heavy atom. The molecule has 6 nitrogen and oxygen atoms in total. The summed E-state index contributed by atoms with van der Waals surface area (Å²) in [5, 5.41) is 1.12. The highest BCUT2D eigenvalue weighted by molar-refractivity contribution is 5.99. The molecular formula is C19H21N5O. The minimum atomic E-state index is 0.0573. The van der Waals surface area contributed by atoms with Crippen LogP contribution in [0, 0.1) is 13.8 Å². The third kappa shape index (κ3) is 2.95. The number of rotatable bonds is 2. The molecule has 4 rings (SSSR count). The van der Waals surface area contributed by atoms with Gasteiger partial charge in [-0.2, -0.15) is 0 Å². The fourth-order valence-electron chi connectivity index (χ4n) is 3.45. The Labute approximate surface area is 146 Å². The van der Waals surface area contributed by atoms with Gasteiger partial charge in [0, 0.05) is 49.5 Å². The number of benzene rings is 1. The summed E-state index contributed by atoms with van der Waals surface area (Å²) in [5.74, 6) is 0.785. The number of hydrogen-bond acceptors (Lipinski definition) is 4. The van der Waals surface area contributed by atoms with E-state index in [1.807, 2.05) is 17.0 Å². The van der Waals surface area contributed by atoms with E-state index in [0.29, 0.717) is 18.8 Å². The molecule has 0 bridgehead atoms. The van der Waals surface area contributed by atoms with E-state index < -0.39 is 0 Å². The molecule has 0 saturated carbocycles. The number of carbonyl (C=O) groups excluding carboxylic acids is 1. The van der Waals surface area contributed by atoms with Crippen LogP contribution in [0.4, 0.5) is 5.95 Å². The Morgan fingerprint density at radius 3 is 2.48 bits per heavy atom. The highest BCUT2D eigenvalue weighted by atomic mass is 16.2. The lowest BCUT2D eigenvalue weighted by molar-refractivity contribution is 0.0741. The average Bonchev–Trinajstić information content (AvgIpc) is 3.06. The van der Waals surface area contributed by atoms with Gasteiger partial charge in [0.05, 0.1) is 0 Å². The number of hydrogen-bond donors (Lipinski definition) is 1. The molecule has 1 amide bonds. The van der Waals surface area contributed by atoms with Crippen LogP contribution in [-0.2, 0) is 0 Å². The van der Waals surface area contributed by atoms with Crippen molar-refractivity contribution in [2.75, 3.05) is 31.1 Å². The number of carbonyl (C=O) groups is 1. The molecule has 128 valence electrons. The molecular weight excluding hydrogens is 314 g/mol. The Hall–Kier alpha value is -2.89. The van der Waals surface area contributed by atoms with Gasteiger partial charge < -0.3 is 14.8 Å². The van der Waals surface area contributed by atoms with Gasteiger partial charge in [-0.05, 0) is 43.2 Å². The van der Waals surface area contributed by atoms with Crippen LogP contribution in [0.15, 0.2) is 36.7 Å². The first-order valence-corrected chi connectivity index (χ1v) is 8.53. The molecule has 25 heavy (non-hydrogen) atoms. The van der Waals surface area contributed by atoms with Crippen molar-refractivity contribution >= 4 is 22.8 Å². The van der Waals surface area contributed by atoms with Crippen LogP contribution in [0.1, 0.15) is 21.6 Å². The minimum absolute atomic E-state index is 0.0573. The molecule has 0 unspecified atom stereocenters. The summed E-state index contributed by atoms with van der Waals surface area (Å²) in [4.78, 5) is 28.7.